The second-order valence-corrected chi connectivity index (χ2v) is 11.8. The van der Waals surface area contributed by atoms with Crippen molar-refractivity contribution in [3.8, 4) is 5.75 Å². The largest absolute Gasteiger partial charge is 0.413 e. The summed E-state index contributed by atoms with van der Waals surface area (Å²) in [6.07, 6.45) is 3.56. The van der Waals surface area contributed by atoms with Gasteiger partial charge in [0, 0.05) is 18.9 Å². The summed E-state index contributed by atoms with van der Waals surface area (Å²) in [6.45, 7) is 1.83. The van der Waals surface area contributed by atoms with Crippen LogP contribution in [0.4, 0.5) is 4.79 Å². The molecule has 0 radical (unpaired) electrons. The van der Waals surface area contributed by atoms with E-state index in [0.29, 0.717) is 30.6 Å². The lowest BCUT2D eigenvalue weighted by molar-refractivity contribution is -0.138. The number of nitrogens with zero attached hydrogens (tertiary/aromatic N) is 3. The molecule has 2 saturated heterocycles. The summed E-state index contributed by atoms with van der Waals surface area (Å²) in [7, 11) is -3.80. The van der Waals surface area contributed by atoms with Crippen LogP contribution in [-0.4, -0.2) is 71.6 Å². The zero-order valence-electron chi connectivity index (χ0n) is 21.5. The van der Waals surface area contributed by atoms with E-state index in [1.54, 1.807) is 30.5 Å². The highest BCUT2D eigenvalue weighted by Crippen LogP contribution is 2.33. The number of sulfonamides is 1. The number of carbonyl (C=O) groups is 3. The molecule has 11 heteroatoms. The number of carbonyl (C=O) groups excluding carboxylic acids is 3. The van der Waals surface area contributed by atoms with Gasteiger partial charge in [0.15, 0.2) is 5.78 Å². The Hall–Kier alpha value is -3.83. The second-order valence-electron chi connectivity index (χ2n) is 9.85. The van der Waals surface area contributed by atoms with Crippen LogP contribution in [-0.2, 0) is 25.4 Å². The molecule has 2 amide bonds. The van der Waals surface area contributed by atoms with Crippen molar-refractivity contribution in [3.63, 3.8) is 0 Å². The molecule has 0 bridgehead atoms. The van der Waals surface area contributed by atoms with Crippen LogP contribution in [0.15, 0.2) is 67.0 Å². The topological polar surface area (TPSA) is 126 Å². The van der Waals surface area contributed by atoms with E-state index in [4.69, 9.17) is 4.74 Å². The van der Waals surface area contributed by atoms with Gasteiger partial charge in [-0.1, -0.05) is 49.7 Å². The molecule has 1 aromatic heterocycles. The minimum atomic E-state index is -3.80. The number of hydrogen-bond acceptors (Lipinski definition) is 7. The first-order valence-corrected chi connectivity index (χ1v) is 14.6. The standard InChI is InChI=1S/C28H30N4O6S/c1-2-6-23(30-28(35)38-22-11-10-20-8-3-4-9-21(20)15-22)27(34)31-14-12-24-26(31)25(33)17-32(24)39(36,37)18-19-7-5-13-29-16-19/h3-5,7-11,13,15-16,23-24,26H,2,6,12,14,17-18H2,1H3,(H,30,35). The Bertz CT molecular complexity index is 1500. The van der Waals surface area contributed by atoms with E-state index in [0.717, 1.165) is 10.8 Å². The third kappa shape index (κ3) is 5.64. The van der Waals surface area contributed by atoms with E-state index in [9.17, 15) is 22.8 Å². The molecule has 3 heterocycles. The van der Waals surface area contributed by atoms with Crippen molar-refractivity contribution >= 4 is 38.6 Å². The Balaban J connectivity index is 1.27. The number of amides is 2. The van der Waals surface area contributed by atoms with Crippen molar-refractivity contribution in [2.75, 3.05) is 13.1 Å². The van der Waals surface area contributed by atoms with Crippen LogP contribution < -0.4 is 10.1 Å². The smallest absolute Gasteiger partial charge is 0.410 e. The van der Waals surface area contributed by atoms with Crippen molar-refractivity contribution in [1.29, 1.82) is 0 Å². The van der Waals surface area contributed by atoms with Gasteiger partial charge in [-0.25, -0.2) is 13.2 Å². The highest BCUT2D eigenvalue weighted by molar-refractivity contribution is 7.88. The van der Waals surface area contributed by atoms with Gasteiger partial charge in [0.05, 0.1) is 18.3 Å². The summed E-state index contributed by atoms with van der Waals surface area (Å²) in [5.74, 6) is -0.670. The Morgan fingerprint density at radius 1 is 1.13 bits per heavy atom. The molecule has 39 heavy (non-hydrogen) atoms. The van der Waals surface area contributed by atoms with Crippen LogP contribution in [0.25, 0.3) is 10.8 Å². The monoisotopic (exact) mass is 550 g/mol. The van der Waals surface area contributed by atoms with Gasteiger partial charge in [-0.15, -0.1) is 0 Å². The van der Waals surface area contributed by atoms with E-state index in [-0.39, 0.29) is 24.6 Å². The first kappa shape index (κ1) is 26.8. The van der Waals surface area contributed by atoms with Crippen molar-refractivity contribution < 1.29 is 27.5 Å². The van der Waals surface area contributed by atoms with Gasteiger partial charge in [0.25, 0.3) is 0 Å². The molecule has 3 unspecified atom stereocenters. The maximum absolute atomic E-state index is 13.6. The lowest BCUT2D eigenvalue weighted by Crippen LogP contribution is -2.53. The predicted octanol–water partition coefficient (Wildman–Crippen LogP) is 2.88. The van der Waals surface area contributed by atoms with Crippen molar-refractivity contribution in [1.82, 2.24) is 19.5 Å². The summed E-state index contributed by atoms with van der Waals surface area (Å²) in [6, 6.07) is 13.9. The maximum Gasteiger partial charge on any atom is 0.413 e. The van der Waals surface area contributed by atoms with Crippen LogP contribution in [0.5, 0.6) is 5.75 Å². The molecular weight excluding hydrogens is 520 g/mol. The molecule has 2 aliphatic rings. The number of ketones is 1. The highest BCUT2D eigenvalue weighted by atomic mass is 32.2. The fourth-order valence-electron chi connectivity index (χ4n) is 5.42. The molecule has 0 aliphatic carbocycles. The van der Waals surface area contributed by atoms with Gasteiger partial charge in [-0.2, -0.15) is 4.31 Å². The molecule has 2 fully saturated rings. The van der Waals surface area contributed by atoms with Crippen LogP contribution in [0, 0.1) is 0 Å². The SMILES string of the molecule is CCCC(NC(=O)Oc1ccc2ccccc2c1)C(=O)N1CCC2C1C(=O)CN2S(=O)(=O)Cc1cccnc1. The fraction of sp³-hybridized carbons (Fsp3) is 0.357. The summed E-state index contributed by atoms with van der Waals surface area (Å²) < 4.78 is 33.0. The van der Waals surface area contributed by atoms with Crippen LogP contribution >= 0.6 is 0 Å². The molecule has 3 atom stereocenters. The van der Waals surface area contributed by atoms with Gasteiger partial charge in [-0.3, -0.25) is 14.6 Å². The molecule has 10 nitrogen and oxygen atoms in total. The minimum Gasteiger partial charge on any atom is -0.410 e. The second kappa shape index (κ2) is 11.1. The average molecular weight is 551 g/mol. The van der Waals surface area contributed by atoms with Crippen molar-refractivity contribution in [2.24, 2.45) is 0 Å². The number of fused-ring (bicyclic) bond motifs is 2. The Morgan fingerprint density at radius 2 is 1.92 bits per heavy atom. The lowest BCUT2D eigenvalue weighted by Gasteiger charge is -2.28. The summed E-state index contributed by atoms with van der Waals surface area (Å²) in [5, 5.41) is 4.57. The molecule has 0 saturated carbocycles. The number of likely N-dealkylation sites (tertiary alicyclic amines) is 1. The van der Waals surface area contributed by atoms with Crippen molar-refractivity contribution in [2.45, 2.75) is 50.1 Å². The molecule has 3 aromatic rings. The lowest BCUT2D eigenvalue weighted by atomic mass is 10.1. The zero-order chi connectivity index (χ0) is 27.6. The number of ether oxygens (including phenoxy) is 1. The average Bonchev–Trinajstić information content (AvgIpc) is 3.50. The van der Waals surface area contributed by atoms with Gasteiger partial charge in [-0.05, 0) is 47.4 Å². The van der Waals surface area contributed by atoms with Crippen LogP contribution in [0.2, 0.25) is 0 Å². The van der Waals surface area contributed by atoms with Crippen LogP contribution in [0.3, 0.4) is 0 Å². The molecular formula is C28H30N4O6S. The fourth-order valence-corrected chi connectivity index (χ4v) is 7.13. The van der Waals surface area contributed by atoms with Gasteiger partial charge in [0.2, 0.25) is 15.9 Å². The number of pyridine rings is 1. The molecule has 0 spiro atoms. The van der Waals surface area contributed by atoms with E-state index < -0.39 is 40.1 Å². The number of hydrogen-bond donors (Lipinski definition) is 1. The van der Waals surface area contributed by atoms with Gasteiger partial charge >= 0.3 is 6.09 Å². The number of Topliss-reactive ketones (excluding diaryl/α,β-unsaturated/α-hetero) is 1. The first-order valence-electron chi connectivity index (χ1n) is 13.0. The van der Waals surface area contributed by atoms with E-state index in [1.807, 2.05) is 37.3 Å². The third-order valence-electron chi connectivity index (χ3n) is 7.19. The quantitative estimate of drug-likeness (QED) is 0.457. The maximum atomic E-state index is 13.6. The Labute approximate surface area is 227 Å². The predicted molar refractivity (Wildman–Crippen MR) is 144 cm³/mol. The van der Waals surface area contributed by atoms with Gasteiger partial charge in [0.1, 0.15) is 17.8 Å². The summed E-state index contributed by atoms with van der Waals surface area (Å²) >= 11 is 0. The number of nitrogens with one attached hydrogen (secondary N) is 1. The molecule has 5 rings (SSSR count). The van der Waals surface area contributed by atoms with Crippen LogP contribution in [0.1, 0.15) is 31.7 Å². The van der Waals surface area contributed by atoms with E-state index >= 15 is 0 Å². The molecule has 2 aromatic carbocycles. The molecule has 1 N–H and O–H groups in total. The Kier molecular flexibility index (Phi) is 7.62. The number of aromatic nitrogens is 1. The summed E-state index contributed by atoms with van der Waals surface area (Å²) in [5.41, 5.74) is 0.525. The zero-order valence-corrected chi connectivity index (χ0v) is 22.3. The Morgan fingerprint density at radius 3 is 2.67 bits per heavy atom. The normalized spacial score (nSPS) is 20.1. The number of benzene rings is 2. The molecule has 204 valence electrons. The molecule has 2 aliphatic heterocycles. The van der Waals surface area contributed by atoms with E-state index in [1.165, 1.54) is 15.4 Å². The van der Waals surface area contributed by atoms with Gasteiger partial charge < -0.3 is 15.0 Å². The summed E-state index contributed by atoms with van der Waals surface area (Å²) in [4.78, 5) is 44.7. The minimum absolute atomic E-state index is 0.223. The third-order valence-corrected chi connectivity index (χ3v) is 9.00. The van der Waals surface area contributed by atoms with E-state index in [2.05, 4.69) is 10.3 Å². The highest BCUT2D eigenvalue weighted by Gasteiger charge is 2.54. The van der Waals surface area contributed by atoms with Crippen molar-refractivity contribution in [3.05, 3.63) is 72.6 Å². The first-order chi connectivity index (χ1) is 18.8. The number of rotatable bonds is 8.